The highest BCUT2D eigenvalue weighted by Gasteiger charge is 2.18. The molecule has 0 spiro atoms. The molecule has 0 saturated carbocycles. The summed E-state index contributed by atoms with van der Waals surface area (Å²) in [5.74, 6) is 1.03. The Morgan fingerprint density at radius 3 is 2.39 bits per heavy atom. The van der Waals surface area contributed by atoms with Crippen molar-refractivity contribution in [2.45, 2.75) is 20.0 Å². The van der Waals surface area contributed by atoms with Gasteiger partial charge in [-0.2, -0.15) is 0 Å². The van der Waals surface area contributed by atoms with E-state index >= 15 is 0 Å². The molecule has 0 atom stereocenters. The minimum atomic E-state index is -0.303. The van der Waals surface area contributed by atoms with Crippen LogP contribution in [0.5, 0.6) is 5.75 Å². The van der Waals surface area contributed by atoms with Gasteiger partial charge in [-0.05, 0) is 48.9 Å². The number of anilines is 1. The van der Waals surface area contributed by atoms with Crippen molar-refractivity contribution in [3.8, 4) is 17.0 Å². The number of hydrogen-bond acceptors (Lipinski definition) is 5. The summed E-state index contributed by atoms with van der Waals surface area (Å²) in [6.45, 7) is 2.72. The first-order valence-corrected chi connectivity index (χ1v) is 10.7. The van der Waals surface area contributed by atoms with Crippen molar-refractivity contribution >= 4 is 11.7 Å². The first-order chi connectivity index (χ1) is 16.1. The Balaban J connectivity index is 1.54. The fourth-order valence-corrected chi connectivity index (χ4v) is 3.40. The molecule has 0 saturated heterocycles. The molecule has 0 bridgehead atoms. The lowest BCUT2D eigenvalue weighted by Gasteiger charge is -2.22. The second kappa shape index (κ2) is 10.4. The SMILES string of the molecule is CCOc1ccc(-c2cc(=O)n(CC(=O)N(Cc3ccccc3)c3ccccn3)cn2)cc1. The zero-order valence-electron chi connectivity index (χ0n) is 18.3. The number of benzene rings is 2. The average molecular weight is 441 g/mol. The number of carbonyl (C=O) groups excluding carboxylic acids is 1. The van der Waals surface area contributed by atoms with E-state index in [4.69, 9.17) is 4.74 Å². The summed E-state index contributed by atoms with van der Waals surface area (Å²) in [7, 11) is 0. The molecule has 4 rings (SSSR count). The average Bonchev–Trinajstić information content (AvgIpc) is 2.85. The lowest BCUT2D eigenvalue weighted by atomic mass is 10.1. The summed E-state index contributed by atoms with van der Waals surface area (Å²) in [6.07, 6.45) is 3.05. The van der Waals surface area contributed by atoms with Gasteiger partial charge in [0.2, 0.25) is 5.91 Å². The van der Waals surface area contributed by atoms with E-state index in [1.165, 1.54) is 17.0 Å². The van der Waals surface area contributed by atoms with Crippen molar-refractivity contribution in [2.24, 2.45) is 0 Å². The highest BCUT2D eigenvalue weighted by atomic mass is 16.5. The molecule has 166 valence electrons. The van der Waals surface area contributed by atoms with Crippen LogP contribution in [-0.4, -0.2) is 27.0 Å². The molecule has 0 radical (unpaired) electrons. The lowest BCUT2D eigenvalue weighted by molar-refractivity contribution is -0.119. The van der Waals surface area contributed by atoms with E-state index in [1.54, 1.807) is 23.2 Å². The standard InChI is InChI=1S/C26H24N4O3/c1-2-33-22-13-11-21(12-14-22)23-16-25(31)29(19-28-23)18-26(32)30(24-10-6-7-15-27-24)17-20-8-4-3-5-9-20/h3-16,19H,2,17-18H2,1H3. The molecular formula is C26H24N4O3. The molecule has 0 aliphatic carbocycles. The van der Waals surface area contributed by atoms with Crippen LogP contribution in [-0.2, 0) is 17.9 Å². The summed E-state index contributed by atoms with van der Waals surface area (Å²) in [5.41, 5.74) is 2.00. The van der Waals surface area contributed by atoms with Crippen molar-refractivity contribution in [3.05, 3.63) is 107 Å². The third kappa shape index (κ3) is 5.51. The first-order valence-electron chi connectivity index (χ1n) is 10.7. The van der Waals surface area contributed by atoms with Gasteiger partial charge in [-0.3, -0.25) is 19.1 Å². The maximum Gasteiger partial charge on any atom is 0.254 e. The van der Waals surface area contributed by atoms with E-state index in [0.717, 1.165) is 16.9 Å². The van der Waals surface area contributed by atoms with Gasteiger partial charge in [0.05, 0.1) is 25.2 Å². The maximum atomic E-state index is 13.2. The highest BCUT2D eigenvalue weighted by Crippen LogP contribution is 2.20. The molecule has 0 N–H and O–H groups in total. The highest BCUT2D eigenvalue weighted by molar-refractivity contribution is 5.92. The van der Waals surface area contributed by atoms with Gasteiger partial charge >= 0.3 is 0 Å². The van der Waals surface area contributed by atoms with E-state index in [9.17, 15) is 9.59 Å². The third-order valence-electron chi connectivity index (χ3n) is 5.06. The Kier molecular flexibility index (Phi) is 6.90. The molecule has 7 nitrogen and oxygen atoms in total. The molecule has 0 fully saturated rings. The largest absolute Gasteiger partial charge is 0.494 e. The third-order valence-corrected chi connectivity index (χ3v) is 5.06. The molecule has 4 aromatic rings. The minimum Gasteiger partial charge on any atom is -0.494 e. The number of amides is 1. The van der Waals surface area contributed by atoms with Crippen LogP contribution in [0.25, 0.3) is 11.3 Å². The molecule has 2 aromatic carbocycles. The second-order valence-electron chi connectivity index (χ2n) is 7.35. The van der Waals surface area contributed by atoms with E-state index in [0.29, 0.717) is 24.7 Å². The quantitative estimate of drug-likeness (QED) is 0.415. The molecule has 0 aliphatic rings. The fraction of sp³-hybridized carbons (Fsp3) is 0.154. The van der Waals surface area contributed by atoms with Crippen molar-refractivity contribution in [1.29, 1.82) is 0 Å². The zero-order chi connectivity index (χ0) is 23.0. The Labute approximate surface area is 191 Å². The number of hydrogen-bond donors (Lipinski definition) is 0. The van der Waals surface area contributed by atoms with Gasteiger partial charge in [-0.1, -0.05) is 36.4 Å². The fourth-order valence-electron chi connectivity index (χ4n) is 3.40. The van der Waals surface area contributed by atoms with E-state index in [1.807, 2.05) is 67.6 Å². The van der Waals surface area contributed by atoms with Crippen LogP contribution in [0.1, 0.15) is 12.5 Å². The maximum absolute atomic E-state index is 13.2. The number of nitrogens with zero attached hydrogens (tertiary/aromatic N) is 4. The topological polar surface area (TPSA) is 77.3 Å². The Morgan fingerprint density at radius 2 is 1.73 bits per heavy atom. The van der Waals surface area contributed by atoms with Crippen LogP contribution >= 0.6 is 0 Å². The van der Waals surface area contributed by atoms with Gasteiger partial charge in [0.15, 0.2) is 0 Å². The summed E-state index contributed by atoms with van der Waals surface area (Å²) < 4.78 is 6.76. The van der Waals surface area contributed by atoms with Crippen molar-refractivity contribution < 1.29 is 9.53 Å². The van der Waals surface area contributed by atoms with Crippen molar-refractivity contribution in [2.75, 3.05) is 11.5 Å². The van der Waals surface area contributed by atoms with Crippen LogP contribution in [0.4, 0.5) is 5.82 Å². The van der Waals surface area contributed by atoms with E-state index in [-0.39, 0.29) is 18.0 Å². The summed E-state index contributed by atoms with van der Waals surface area (Å²) in [6, 6.07) is 23.9. The number of rotatable bonds is 8. The number of carbonyl (C=O) groups is 1. The van der Waals surface area contributed by atoms with Crippen LogP contribution in [0, 0.1) is 0 Å². The van der Waals surface area contributed by atoms with E-state index < -0.39 is 0 Å². The monoisotopic (exact) mass is 440 g/mol. The molecule has 2 heterocycles. The number of ether oxygens (including phenoxy) is 1. The Hall–Kier alpha value is -4.26. The van der Waals surface area contributed by atoms with Gasteiger partial charge in [0.25, 0.3) is 5.56 Å². The van der Waals surface area contributed by atoms with Gasteiger partial charge in [-0.15, -0.1) is 0 Å². The van der Waals surface area contributed by atoms with Crippen LogP contribution < -0.4 is 15.2 Å². The second-order valence-corrected chi connectivity index (χ2v) is 7.35. The molecule has 33 heavy (non-hydrogen) atoms. The summed E-state index contributed by atoms with van der Waals surface area (Å²) in [4.78, 5) is 36.2. The normalized spacial score (nSPS) is 10.6. The number of aromatic nitrogens is 3. The molecule has 0 unspecified atom stereocenters. The lowest BCUT2D eigenvalue weighted by Crippen LogP contribution is -2.36. The van der Waals surface area contributed by atoms with E-state index in [2.05, 4.69) is 9.97 Å². The van der Waals surface area contributed by atoms with Crippen LogP contribution in [0.2, 0.25) is 0 Å². The van der Waals surface area contributed by atoms with Gasteiger partial charge in [0, 0.05) is 17.8 Å². The molecule has 7 heteroatoms. The van der Waals surface area contributed by atoms with Crippen molar-refractivity contribution in [1.82, 2.24) is 14.5 Å². The summed E-state index contributed by atoms with van der Waals surface area (Å²) in [5, 5.41) is 0. The molecule has 1 amide bonds. The molecule has 2 aromatic heterocycles. The molecule has 0 aliphatic heterocycles. The predicted octanol–water partition coefficient (Wildman–Crippen LogP) is 3.94. The zero-order valence-corrected chi connectivity index (χ0v) is 18.3. The Bertz CT molecular complexity index is 1260. The van der Waals surface area contributed by atoms with Crippen LogP contribution in [0.15, 0.2) is 96.2 Å². The Morgan fingerprint density at radius 1 is 0.970 bits per heavy atom. The van der Waals surface area contributed by atoms with Crippen LogP contribution in [0.3, 0.4) is 0 Å². The summed E-state index contributed by atoms with van der Waals surface area (Å²) >= 11 is 0. The predicted molar refractivity (Wildman–Crippen MR) is 127 cm³/mol. The van der Waals surface area contributed by atoms with Gasteiger partial charge in [0.1, 0.15) is 18.1 Å². The van der Waals surface area contributed by atoms with Gasteiger partial charge < -0.3 is 4.74 Å². The number of pyridine rings is 1. The first kappa shape index (κ1) is 22.0. The smallest absolute Gasteiger partial charge is 0.254 e. The van der Waals surface area contributed by atoms with Crippen molar-refractivity contribution in [3.63, 3.8) is 0 Å². The van der Waals surface area contributed by atoms with Gasteiger partial charge in [-0.25, -0.2) is 9.97 Å². The molecular weight excluding hydrogens is 416 g/mol. The minimum absolute atomic E-state index is 0.140.